The maximum atomic E-state index is 14.3. The zero-order valence-corrected chi connectivity index (χ0v) is 27.1. The number of carbonyl (C=O) groups excluding carboxylic acids is 2. The van der Waals surface area contributed by atoms with Gasteiger partial charge >= 0.3 is 0 Å². The van der Waals surface area contributed by atoms with Gasteiger partial charge in [0.15, 0.2) is 0 Å². The van der Waals surface area contributed by atoms with Crippen molar-refractivity contribution in [2.24, 2.45) is 0 Å². The van der Waals surface area contributed by atoms with Crippen LogP contribution in [0.1, 0.15) is 69.1 Å². The van der Waals surface area contributed by atoms with Gasteiger partial charge in [-0.25, -0.2) is 8.42 Å². The molecule has 9 heteroatoms. The van der Waals surface area contributed by atoms with Crippen LogP contribution in [0.25, 0.3) is 0 Å². The average Bonchev–Trinajstić information content (AvgIpc) is 3.01. The van der Waals surface area contributed by atoms with Crippen molar-refractivity contribution in [3.8, 4) is 5.75 Å². The largest absolute Gasteiger partial charge is 0.494 e. The Labute approximate surface area is 262 Å². The van der Waals surface area contributed by atoms with Crippen LogP contribution < -0.4 is 14.4 Å². The molecule has 1 fully saturated rings. The molecule has 1 aliphatic rings. The fourth-order valence-corrected chi connectivity index (χ4v) is 7.13. The van der Waals surface area contributed by atoms with E-state index in [9.17, 15) is 18.0 Å². The molecular weight excluding hydrogens is 574 g/mol. The van der Waals surface area contributed by atoms with Gasteiger partial charge in [0, 0.05) is 12.6 Å². The van der Waals surface area contributed by atoms with Gasteiger partial charge in [0.05, 0.1) is 17.2 Å². The predicted octanol–water partition coefficient (Wildman–Crippen LogP) is 6.15. The molecule has 1 N–H and O–H groups in total. The van der Waals surface area contributed by atoms with Crippen molar-refractivity contribution in [1.82, 2.24) is 10.2 Å². The molecule has 3 aromatic carbocycles. The minimum absolute atomic E-state index is 0.0806. The van der Waals surface area contributed by atoms with Crippen LogP contribution in [0, 0.1) is 13.8 Å². The Hall–Kier alpha value is -3.85. The molecule has 1 saturated carbocycles. The van der Waals surface area contributed by atoms with Crippen molar-refractivity contribution in [3.63, 3.8) is 0 Å². The molecule has 0 aromatic heterocycles. The topological polar surface area (TPSA) is 96.0 Å². The Morgan fingerprint density at radius 1 is 0.909 bits per heavy atom. The Morgan fingerprint density at radius 3 is 2.20 bits per heavy atom. The number of anilines is 1. The van der Waals surface area contributed by atoms with Gasteiger partial charge in [-0.15, -0.1) is 0 Å². The van der Waals surface area contributed by atoms with Crippen LogP contribution in [0.5, 0.6) is 5.75 Å². The SMILES string of the molecule is CCOc1ccc(N(CC(=O)N(Cc2cccc(C)c2)[C@@H](CC)C(=O)NC2CCCCC2)S(=O)(=O)c2ccc(C)cc2)cc1. The highest BCUT2D eigenvalue weighted by Crippen LogP contribution is 2.27. The van der Waals surface area contributed by atoms with Gasteiger partial charge in [0.25, 0.3) is 10.0 Å². The van der Waals surface area contributed by atoms with E-state index in [2.05, 4.69) is 5.32 Å². The smallest absolute Gasteiger partial charge is 0.264 e. The summed E-state index contributed by atoms with van der Waals surface area (Å²) in [5, 5.41) is 3.19. The van der Waals surface area contributed by atoms with Crippen LogP contribution in [-0.2, 0) is 26.2 Å². The number of hydrogen-bond acceptors (Lipinski definition) is 5. The second-order valence-corrected chi connectivity index (χ2v) is 13.4. The van der Waals surface area contributed by atoms with Crippen LogP contribution in [0.4, 0.5) is 5.69 Å². The Balaban J connectivity index is 1.71. The van der Waals surface area contributed by atoms with Crippen molar-refractivity contribution in [2.75, 3.05) is 17.5 Å². The van der Waals surface area contributed by atoms with E-state index in [0.29, 0.717) is 24.5 Å². The summed E-state index contributed by atoms with van der Waals surface area (Å²) in [5.74, 6) is -0.0575. The van der Waals surface area contributed by atoms with E-state index >= 15 is 0 Å². The van der Waals surface area contributed by atoms with Crippen molar-refractivity contribution in [1.29, 1.82) is 0 Å². The van der Waals surface area contributed by atoms with Gasteiger partial charge in [-0.3, -0.25) is 13.9 Å². The number of ether oxygens (including phenoxy) is 1. The third kappa shape index (κ3) is 8.40. The van der Waals surface area contributed by atoms with Gasteiger partial charge in [-0.2, -0.15) is 0 Å². The number of benzene rings is 3. The van der Waals surface area contributed by atoms with Crippen LogP contribution in [0.2, 0.25) is 0 Å². The van der Waals surface area contributed by atoms with E-state index in [-0.39, 0.29) is 23.4 Å². The van der Waals surface area contributed by atoms with Crippen LogP contribution in [0.15, 0.2) is 77.7 Å². The number of carbonyl (C=O) groups is 2. The van der Waals surface area contributed by atoms with Gasteiger partial charge in [-0.1, -0.05) is 73.7 Å². The summed E-state index contributed by atoms with van der Waals surface area (Å²) >= 11 is 0. The van der Waals surface area contributed by atoms with Crippen LogP contribution in [-0.4, -0.2) is 50.4 Å². The average molecular weight is 620 g/mol. The third-order valence-electron chi connectivity index (χ3n) is 8.10. The molecule has 0 unspecified atom stereocenters. The molecule has 44 heavy (non-hydrogen) atoms. The summed E-state index contributed by atoms with van der Waals surface area (Å²) in [6, 6.07) is 20.4. The molecule has 0 aliphatic heterocycles. The highest BCUT2D eigenvalue weighted by molar-refractivity contribution is 7.92. The first-order valence-corrected chi connectivity index (χ1v) is 17.0. The first kappa shape index (κ1) is 33.1. The number of hydrogen-bond donors (Lipinski definition) is 1. The zero-order chi connectivity index (χ0) is 31.7. The summed E-state index contributed by atoms with van der Waals surface area (Å²) in [6.07, 6.45) is 5.55. The molecule has 1 atom stereocenters. The monoisotopic (exact) mass is 619 g/mol. The molecule has 236 valence electrons. The van der Waals surface area contributed by atoms with E-state index in [0.717, 1.165) is 46.7 Å². The van der Waals surface area contributed by atoms with E-state index in [1.54, 1.807) is 53.4 Å². The van der Waals surface area contributed by atoms with Crippen LogP contribution in [0.3, 0.4) is 0 Å². The standard InChI is InChI=1S/C35H45N3O5S/c1-5-33(35(40)36-29-13-8-7-9-14-29)37(24-28-12-10-11-27(4)23-28)34(39)25-38(30-17-19-31(20-18-30)43-6-2)44(41,42)32-21-15-26(3)16-22-32/h10-12,15-23,29,33H,5-9,13-14,24-25H2,1-4H3,(H,36,40)/t33-/m0/s1. The van der Waals surface area contributed by atoms with Crippen molar-refractivity contribution < 1.29 is 22.7 Å². The van der Waals surface area contributed by atoms with Crippen molar-refractivity contribution in [3.05, 3.63) is 89.5 Å². The number of aryl methyl sites for hydroxylation is 2. The number of nitrogens with zero attached hydrogens (tertiary/aromatic N) is 2. The molecule has 8 nitrogen and oxygen atoms in total. The van der Waals surface area contributed by atoms with Crippen LogP contribution >= 0.6 is 0 Å². The van der Waals surface area contributed by atoms with Gasteiger partial charge in [0.1, 0.15) is 18.3 Å². The lowest BCUT2D eigenvalue weighted by molar-refractivity contribution is -0.140. The summed E-state index contributed by atoms with van der Waals surface area (Å²) in [7, 11) is -4.14. The Kier molecular flexibility index (Phi) is 11.4. The van der Waals surface area contributed by atoms with E-state index in [4.69, 9.17) is 4.74 Å². The molecule has 2 amide bonds. The molecule has 0 radical (unpaired) electrons. The maximum absolute atomic E-state index is 14.3. The molecule has 0 saturated heterocycles. The molecule has 3 aromatic rings. The molecule has 1 aliphatic carbocycles. The summed E-state index contributed by atoms with van der Waals surface area (Å²) < 4.78 is 34.9. The number of nitrogens with one attached hydrogen (secondary N) is 1. The first-order valence-electron chi connectivity index (χ1n) is 15.6. The summed E-state index contributed by atoms with van der Waals surface area (Å²) in [6.45, 7) is 7.80. The number of amides is 2. The molecule has 0 heterocycles. The predicted molar refractivity (Wildman–Crippen MR) is 174 cm³/mol. The Bertz CT molecular complexity index is 1500. The maximum Gasteiger partial charge on any atom is 0.264 e. The number of sulfonamides is 1. The van der Waals surface area contributed by atoms with E-state index in [1.165, 1.54) is 6.42 Å². The summed E-state index contributed by atoms with van der Waals surface area (Å²) in [4.78, 5) is 29.7. The fourth-order valence-electron chi connectivity index (χ4n) is 5.71. The minimum Gasteiger partial charge on any atom is -0.494 e. The van der Waals surface area contributed by atoms with Gasteiger partial charge < -0.3 is 15.0 Å². The van der Waals surface area contributed by atoms with Gasteiger partial charge in [0.2, 0.25) is 11.8 Å². The minimum atomic E-state index is -4.14. The van der Waals surface area contributed by atoms with Gasteiger partial charge in [-0.05, 0) is 82.0 Å². The third-order valence-corrected chi connectivity index (χ3v) is 9.88. The lowest BCUT2D eigenvalue weighted by atomic mass is 9.95. The quantitative estimate of drug-likeness (QED) is 0.248. The lowest BCUT2D eigenvalue weighted by Gasteiger charge is -2.34. The highest BCUT2D eigenvalue weighted by atomic mass is 32.2. The fraction of sp³-hybridized carbons (Fsp3) is 0.429. The first-order chi connectivity index (χ1) is 21.1. The molecule has 0 bridgehead atoms. The lowest BCUT2D eigenvalue weighted by Crippen LogP contribution is -2.54. The highest BCUT2D eigenvalue weighted by Gasteiger charge is 2.34. The zero-order valence-electron chi connectivity index (χ0n) is 26.3. The Morgan fingerprint density at radius 2 is 1.59 bits per heavy atom. The number of rotatable bonds is 13. The van der Waals surface area contributed by atoms with Crippen molar-refractivity contribution in [2.45, 2.75) is 89.7 Å². The van der Waals surface area contributed by atoms with E-state index < -0.39 is 28.5 Å². The second kappa shape index (κ2) is 15.2. The molecule has 4 rings (SSSR count). The molecule has 0 spiro atoms. The van der Waals surface area contributed by atoms with E-state index in [1.807, 2.05) is 52.0 Å². The normalized spacial score (nSPS) is 14.5. The van der Waals surface area contributed by atoms with Crippen molar-refractivity contribution >= 4 is 27.5 Å². The molecular formula is C35H45N3O5S. The summed E-state index contributed by atoms with van der Waals surface area (Å²) in [5.41, 5.74) is 3.16. The second-order valence-electron chi connectivity index (χ2n) is 11.5.